The molecule has 21 heavy (non-hydrogen) atoms. The minimum atomic E-state index is -0.795. The second kappa shape index (κ2) is 9.80. The van der Waals surface area contributed by atoms with Crippen molar-refractivity contribution in [3.8, 4) is 5.75 Å². The number of hydrogen-bond donors (Lipinski definition) is 2. The Bertz CT molecular complexity index is 442. The highest BCUT2D eigenvalue weighted by atomic mass is 16.5. The number of rotatable bonds is 10. The van der Waals surface area contributed by atoms with E-state index in [0.717, 1.165) is 11.3 Å². The Morgan fingerprint density at radius 3 is 2.48 bits per heavy atom. The van der Waals surface area contributed by atoms with Crippen molar-refractivity contribution in [1.82, 2.24) is 5.32 Å². The molecule has 0 fully saturated rings. The van der Waals surface area contributed by atoms with Gasteiger partial charge in [-0.1, -0.05) is 12.1 Å². The fraction of sp³-hybridized carbons (Fsp3) is 0.500. The van der Waals surface area contributed by atoms with Crippen LogP contribution in [0.5, 0.6) is 5.75 Å². The van der Waals surface area contributed by atoms with Crippen LogP contribution in [0.2, 0.25) is 0 Å². The van der Waals surface area contributed by atoms with Crippen LogP contribution in [0.4, 0.5) is 0 Å². The number of carbonyl (C=O) groups is 2. The van der Waals surface area contributed by atoms with E-state index in [4.69, 9.17) is 9.84 Å². The molecule has 1 aromatic rings. The lowest BCUT2D eigenvalue weighted by Gasteiger charge is -2.06. The molecule has 5 heteroatoms. The van der Waals surface area contributed by atoms with Gasteiger partial charge in [0.05, 0.1) is 6.61 Å². The average Bonchev–Trinajstić information content (AvgIpc) is 2.46. The van der Waals surface area contributed by atoms with Gasteiger partial charge < -0.3 is 15.2 Å². The van der Waals surface area contributed by atoms with Gasteiger partial charge in [0.2, 0.25) is 5.91 Å². The van der Waals surface area contributed by atoms with Crippen LogP contribution in [0.3, 0.4) is 0 Å². The molecule has 0 atom stereocenters. The molecule has 1 rings (SSSR count). The summed E-state index contributed by atoms with van der Waals surface area (Å²) < 4.78 is 5.36. The summed E-state index contributed by atoms with van der Waals surface area (Å²) in [7, 11) is 0. The van der Waals surface area contributed by atoms with Gasteiger partial charge in [0.15, 0.2) is 0 Å². The van der Waals surface area contributed by atoms with Crippen LogP contribution in [-0.2, 0) is 16.0 Å². The van der Waals surface area contributed by atoms with Gasteiger partial charge in [-0.15, -0.1) is 0 Å². The third kappa shape index (κ3) is 7.97. The van der Waals surface area contributed by atoms with Gasteiger partial charge >= 0.3 is 5.97 Å². The summed E-state index contributed by atoms with van der Waals surface area (Å²) in [5.41, 5.74) is 1.10. The molecule has 1 amide bonds. The van der Waals surface area contributed by atoms with Crippen molar-refractivity contribution in [2.75, 3.05) is 13.2 Å². The van der Waals surface area contributed by atoms with Crippen molar-refractivity contribution in [1.29, 1.82) is 0 Å². The molecule has 0 heterocycles. The molecule has 1 aromatic carbocycles. The van der Waals surface area contributed by atoms with Crippen molar-refractivity contribution in [2.24, 2.45) is 0 Å². The number of carboxylic acid groups (broad SMARTS) is 1. The molecule has 0 aliphatic carbocycles. The first kappa shape index (κ1) is 17.0. The van der Waals surface area contributed by atoms with Gasteiger partial charge in [0.25, 0.3) is 0 Å². The van der Waals surface area contributed by atoms with Crippen LogP contribution >= 0.6 is 0 Å². The Labute approximate surface area is 125 Å². The van der Waals surface area contributed by atoms with E-state index < -0.39 is 5.97 Å². The van der Waals surface area contributed by atoms with E-state index in [9.17, 15) is 9.59 Å². The van der Waals surface area contributed by atoms with Crippen molar-refractivity contribution in [3.05, 3.63) is 29.8 Å². The summed E-state index contributed by atoms with van der Waals surface area (Å²) >= 11 is 0. The Morgan fingerprint density at radius 1 is 1.14 bits per heavy atom. The molecular weight excluding hydrogens is 270 g/mol. The van der Waals surface area contributed by atoms with E-state index in [1.165, 1.54) is 0 Å². The molecular formula is C16H23NO4. The third-order valence-electron chi connectivity index (χ3n) is 3.01. The summed E-state index contributed by atoms with van der Waals surface area (Å²) in [6.45, 7) is 3.12. The lowest BCUT2D eigenvalue weighted by atomic mass is 10.1. The summed E-state index contributed by atoms with van der Waals surface area (Å²) in [5, 5.41) is 11.3. The molecule has 2 N–H and O–H groups in total. The van der Waals surface area contributed by atoms with Gasteiger partial charge in [-0.2, -0.15) is 0 Å². The maximum atomic E-state index is 11.6. The molecule has 0 aromatic heterocycles. The van der Waals surface area contributed by atoms with E-state index in [2.05, 4.69) is 5.32 Å². The molecule has 0 radical (unpaired) electrons. The maximum absolute atomic E-state index is 11.6. The molecule has 0 aliphatic rings. The van der Waals surface area contributed by atoms with Gasteiger partial charge in [0, 0.05) is 19.4 Å². The smallest absolute Gasteiger partial charge is 0.303 e. The zero-order valence-electron chi connectivity index (χ0n) is 12.4. The van der Waals surface area contributed by atoms with Crippen LogP contribution < -0.4 is 10.1 Å². The fourth-order valence-corrected chi connectivity index (χ4v) is 1.89. The quantitative estimate of drug-likeness (QED) is 0.649. The molecule has 0 saturated heterocycles. The highest BCUT2D eigenvalue weighted by Crippen LogP contribution is 2.13. The van der Waals surface area contributed by atoms with Gasteiger partial charge in [-0.3, -0.25) is 9.59 Å². The highest BCUT2D eigenvalue weighted by molar-refractivity contribution is 5.76. The molecule has 0 spiro atoms. The number of benzene rings is 1. The second-order valence-electron chi connectivity index (χ2n) is 4.78. The van der Waals surface area contributed by atoms with Crippen LogP contribution in [0.1, 0.15) is 38.2 Å². The van der Waals surface area contributed by atoms with Crippen LogP contribution in [0.15, 0.2) is 24.3 Å². The largest absolute Gasteiger partial charge is 0.494 e. The minimum absolute atomic E-state index is 0.000732. The molecule has 0 aliphatic heterocycles. The predicted octanol–water partition coefficient (Wildman–Crippen LogP) is 2.39. The first-order valence-electron chi connectivity index (χ1n) is 7.32. The van der Waals surface area contributed by atoms with Crippen LogP contribution in [0.25, 0.3) is 0 Å². The second-order valence-corrected chi connectivity index (χ2v) is 4.78. The molecule has 0 unspecified atom stereocenters. The normalized spacial score (nSPS) is 10.1. The maximum Gasteiger partial charge on any atom is 0.303 e. The predicted molar refractivity (Wildman–Crippen MR) is 80.4 cm³/mol. The van der Waals surface area contributed by atoms with Crippen molar-refractivity contribution >= 4 is 11.9 Å². The Balaban J connectivity index is 2.16. The number of aliphatic carboxylic acids is 1. The number of hydrogen-bond acceptors (Lipinski definition) is 3. The Kier molecular flexibility index (Phi) is 7.94. The number of amides is 1. The zero-order valence-corrected chi connectivity index (χ0v) is 12.4. The molecule has 0 bridgehead atoms. The Hall–Kier alpha value is -2.04. The van der Waals surface area contributed by atoms with Crippen molar-refractivity contribution in [3.63, 3.8) is 0 Å². The number of aryl methyl sites for hydroxylation is 1. The summed E-state index contributed by atoms with van der Waals surface area (Å²) in [6, 6.07) is 7.74. The van der Waals surface area contributed by atoms with Gasteiger partial charge in [-0.05, 0) is 43.9 Å². The van der Waals surface area contributed by atoms with Crippen molar-refractivity contribution in [2.45, 2.75) is 39.0 Å². The zero-order chi connectivity index (χ0) is 15.5. The summed E-state index contributed by atoms with van der Waals surface area (Å²) in [4.78, 5) is 22.0. The van der Waals surface area contributed by atoms with Crippen LogP contribution in [0, 0.1) is 0 Å². The van der Waals surface area contributed by atoms with E-state index >= 15 is 0 Å². The fourth-order valence-electron chi connectivity index (χ4n) is 1.89. The van der Waals surface area contributed by atoms with Gasteiger partial charge in [0.1, 0.15) is 5.75 Å². The average molecular weight is 293 g/mol. The lowest BCUT2D eigenvalue weighted by molar-refractivity contribution is -0.137. The molecule has 116 valence electrons. The molecule has 5 nitrogen and oxygen atoms in total. The minimum Gasteiger partial charge on any atom is -0.494 e. The van der Waals surface area contributed by atoms with E-state index in [-0.39, 0.29) is 12.3 Å². The first-order valence-corrected chi connectivity index (χ1v) is 7.32. The number of carbonyl (C=O) groups excluding carboxylic acids is 1. The SMILES string of the molecule is CCOc1ccc(CCC(=O)NCCCCC(=O)O)cc1. The number of nitrogens with one attached hydrogen (secondary N) is 1. The molecule has 0 saturated carbocycles. The van der Waals surface area contributed by atoms with Crippen molar-refractivity contribution < 1.29 is 19.4 Å². The van der Waals surface area contributed by atoms with E-state index in [1.54, 1.807) is 0 Å². The lowest BCUT2D eigenvalue weighted by Crippen LogP contribution is -2.24. The topological polar surface area (TPSA) is 75.6 Å². The first-order chi connectivity index (χ1) is 10.1. The Morgan fingerprint density at radius 2 is 1.86 bits per heavy atom. The number of unbranched alkanes of at least 4 members (excludes halogenated alkanes) is 1. The van der Waals surface area contributed by atoms with Gasteiger partial charge in [-0.25, -0.2) is 0 Å². The highest BCUT2D eigenvalue weighted by Gasteiger charge is 2.03. The number of ether oxygens (including phenoxy) is 1. The number of carboxylic acids is 1. The monoisotopic (exact) mass is 293 g/mol. The van der Waals surface area contributed by atoms with Crippen LogP contribution in [-0.4, -0.2) is 30.1 Å². The summed E-state index contributed by atoms with van der Waals surface area (Å²) in [5.74, 6) is 0.0418. The third-order valence-corrected chi connectivity index (χ3v) is 3.01. The van der Waals surface area contributed by atoms with E-state index in [1.807, 2.05) is 31.2 Å². The summed E-state index contributed by atoms with van der Waals surface area (Å²) in [6.07, 6.45) is 2.57. The van der Waals surface area contributed by atoms with E-state index in [0.29, 0.717) is 38.8 Å². The standard InChI is InChI=1S/C16H23NO4/c1-2-21-14-9-6-13(7-10-14)8-11-15(18)17-12-4-3-5-16(19)20/h6-7,9-10H,2-5,8,11-12H2,1H3,(H,17,18)(H,19,20).